The molecular formula is C13H16N4O. The van der Waals surface area contributed by atoms with Crippen LogP contribution in [0.3, 0.4) is 0 Å². The topological polar surface area (TPSA) is 83.8 Å². The number of aromatic nitrogens is 2. The van der Waals surface area contributed by atoms with Gasteiger partial charge in [0.05, 0.1) is 6.33 Å². The second-order valence-corrected chi connectivity index (χ2v) is 4.22. The van der Waals surface area contributed by atoms with E-state index in [2.05, 4.69) is 15.3 Å². The summed E-state index contributed by atoms with van der Waals surface area (Å²) in [5, 5.41) is 2.85. The van der Waals surface area contributed by atoms with Crippen LogP contribution in [-0.2, 0) is 6.42 Å². The standard InChI is InChI=1S/C13H16N4O/c1-9-4-10(6-11(14)5-9)13(18)16-3-2-12-7-15-8-17-12/h4-8H,2-3,14H2,1H3,(H,15,17)(H,16,18). The minimum absolute atomic E-state index is 0.107. The van der Waals surface area contributed by atoms with Crippen molar-refractivity contribution < 1.29 is 4.79 Å². The van der Waals surface area contributed by atoms with Gasteiger partial charge in [0.15, 0.2) is 0 Å². The van der Waals surface area contributed by atoms with E-state index in [1.165, 1.54) is 0 Å². The third kappa shape index (κ3) is 3.10. The molecule has 0 atom stereocenters. The summed E-state index contributed by atoms with van der Waals surface area (Å²) in [5.74, 6) is -0.107. The molecule has 2 aromatic rings. The van der Waals surface area contributed by atoms with E-state index in [-0.39, 0.29) is 5.91 Å². The van der Waals surface area contributed by atoms with Crippen molar-refractivity contribution in [3.63, 3.8) is 0 Å². The van der Waals surface area contributed by atoms with Gasteiger partial charge in [0.1, 0.15) is 0 Å². The fourth-order valence-corrected chi connectivity index (χ4v) is 1.78. The van der Waals surface area contributed by atoms with Crippen molar-refractivity contribution in [2.24, 2.45) is 0 Å². The molecule has 1 amide bonds. The lowest BCUT2D eigenvalue weighted by Gasteiger charge is -2.06. The summed E-state index contributed by atoms with van der Waals surface area (Å²) in [6.45, 7) is 2.48. The lowest BCUT2D eigenvalue weighted by molar-refractivity contribution is 0.0954. The molecule has 1 heterocycles. The molecule has 4 N–H and O–H groups in total. The highest BCUT2D eigenvalue weighted by atomic mass is 16.1. The Balaban J connectivity index is 1.91. The van der Waals surface area contributed by atoms with Crippen LogP contribution in [0.2, 0.25) is 0 Å². The molecule has 0 unspecified atom stereocenters. The number of nitrogens with zero attached hydrogens (tertiary/aromatic N) is 1. The number of H-pyrrole nitrogens is 1. The minimum Gasteiger partial charge on any atom is -0.399 e. The molecule has 2 rings (SSSR count). The number of amides is 1. The fourth-order valence-electron chi connectivity index (χ4n) is 1.78. The molecule has 0 aliphatic carbocycles. The Morgan fingerprint density at radius 1 is 1.44 bits per heavy atom. The van der Waals surface area contributed by atoms with Crippen LogP contribution >= 0.6 is 0 Å². The van der Waals surface area contributed by atoms with Crippen LogP contribution in [0.1, 0.15) is 21.6 Å². The van der Waals surface area contributed by atoms with E-state index in [0.717, 1.165) is 17.7 Å². The summed E-state index contributed by atoms with van der Waals surface area (Å²) < 4.78 is 0. The number of anilines is 1. The summed E-state index contributed by atoms with van der Waals surface area (Å²) >= 11 is 0. The lowest BCUT2D eigenvalue weighted by Crippen LogP contribution is -2.25. The second kappa shape index (κ2) is 5.35. The molecule has 1 aromatic carbocycles. The lowest BCUT2D eigenvalue weighted by atomic mass is 10.1. The van der Waals surface area contributed by atoms with Crippen LogP contribution in [0.5, 0.6) is 0 Å². The average Bonchev–Trinajstić information content (AvgIpc) is 2.80. The number of carbonyl (C=O) groups excluding carboxylic acids is 1. The summed E-state index contributed by atoms with van der Waals surface area (Å²) in [4.78, 5) is 18.8. The van der Waals surface area contributed by atoms with E-state index in [1.54, 1.807) is 18.6 Å². The zero-order valence-corrected chi connectivity index (χ0v) is 10.2. The van der Waals surface area contributed by atoms with E-state index < -0.39 is 0 Å². The fraction of sp³-hybridized carbons (Fsp3) is 0.231. The average molecular weight is 244 g/mol. The van der Waals surface area contributed by atoms with E-state index in [9.17, 15) is 4.79 Å². The first kappa shape index (κ1) is 12.2. The van der Waals surface area contributed by atoms with Gasteiger partial charge in [-0.2, -0.15) is 0 Å². The van der Waals surface area contributed by atoms with Gasteiger partial charge in [0, 0.05) is 36.1 Å². The first-order valence-corrected chi connectivity index (χ1v) is 5.78. The Bertz CT molecular complexity index is 514. The minimum atomic E-state index is -0.107. The molecule has 5 heteroatoms. The number of aromatic amines is 1. The first-order chi connectivity index (χ1) is 8.65. The number of benzene rings is 1. The van der Waals surface area contributed by atoms with Crippen molar-refractivity contribution in [3.8, 4) is 0 Å². The van der Waals surface area contributed by atoms with Gasteiger partial charge in [0.2, 0.25) is 0 Å². The molecule has 0 saturated heterocycles. The van der Waals surface area contributed by atoms with Gasteiger partial charge in [-0.1, -0.05) is 0 Å². The predicted octanol–water partition coefficient (Wildman–Crippen LogP) is 1.27. The SMILES string of the molecule is Cc1cc(N)cc(C(=O)NCCc2cnc[nH]2)c1. The number of nitrogens with one attached hydrogen (secondary N) is 2. The van der Waals surface area contributed by atoms with Crippen LogP contribution < -0.4 is 11.1 Å². The Morgan fingerprint density at radius 2 is 2.28 bits per heavy atom. The first-order valence-electron chi connectivity index (χ1n) is 5.78. The molecule has 0 bridgehead atoms. The number of nitrogens with two attached hydrogens (primary N) is 1. The summed E-state index contributed by atoms with van der Waals surface area (Å²) in [5.41, 5.74) is 8.89. The summed E-state index contributed by atoms with van der Waals surface area (Å²) in [6.07, 6.45) is 4.10. The predicted molar refractivity (Wildman–Crippen MR) is 70.2 cm³/mol. The number of nitrogen functional groups attached to an aromatic ring is 1. The maximum absolute atomic E-state index is 11.9. The zero-order valence-electron chi connectivity index (χ0n) is 10.2. The van der Waals surface area contributed by atoms with Crippen LogP contribution in [0.15, 0.2) is 30.7 Å². The molecule has 0 aliphatic heterocycles. The van der Waals surface area contributed by atoms with Crippen molar-refractivity contribution in [1.82, 2.24) is 15.3 Å². The maximum Gasteiger partial charge on any atom is 0.251 e. The molecule has 0 fully saturated rings. The number of imidazole rings is 1. The molecule has 18 heavy (non-hydrogen) atoms. The van der Waals surface area contributed by atoms with Crippen molar-refractivity contribution in [2.45, 2.75) is 13.3 Å². The van der Waals surface area contributed by atoms with Gasteiger partial charge >= 0.3 is 0 Å². The molecule has 0 radical (unpaired) electrons. The van der Waals surface area contributed by atoms with Gasteiger partial charge in [-0.15, -0.1) is 0 Å². The van der Waals surface area contributed by atoms with Crippen molar-refractivity contribution in [2.75, 3.05) is 12.3 Å². The van der Waals surface area contributed by atoms with Crippen LogP contribution in [0.4, 0.5) is 5.69 Å². The Labute approximate surface area is 105 Å². The monoisotopic (exact) mass is 244 g/mol. The Morgan fingerprint density at radius 3 is 2.94 bits per heavy atom. The van der Waals surface area contributed by atoms with Crippen molar-refractivity contribution in [1.29, 1.82) is 0 Å². The zero-order chi connectivity index (χ0) is 13.0. The van der Waals surface area contributed by atoms with Crippen LogP contribution in [0.25, 0.3) is 0 Å². The second-order valence-electron chi connectivity index (χ2n) is 4.22. The third-order valence-electron chi connectivity index (χ3n) is 2.60. The van der Waals surface area contributed by atoms with Gasteiger partial charge in [-0.3, -0.25) is 4.79 Å². The van der Waals surface area contributed by atoms with Gasteiger partial charge in [-0.05, 0) is 30.7 Å². The number of carbonyl (C=O) groups is 1. The molecule has 0 spiro atoms. The number of rotatable bonds is 4. The van der Waals surface area contributed by atoms with Crippen LogP contribution in [0, 0.1) is 6.92 Å². The van der Waals surface area contributed by atoms with Crippen molar-refractivity contribution >= 4 is 11.6 Å². The molecule has 1 aromatic heterocycles. The largest absolute Gasteiger partial charge is 0.399 e. The highest BCUT2D eigenvalue weighted by molar-refractivity contribution is 5.95. The molecule has 5 nitrogen and oxygen atoms in total. The maximum atomic E-state index is 11.9. The normalized spacial score (nSPS) is 10.3. The van der Waals surface area contributed by atoms with E-state index in [4.69, 9.17) is 5.73 Å². The summed E-state index contributed by atoms with van der Waals surface area (Å²) in [6, 6.07) is 5.34. The van der Waals surface area contributed by atoms with Gasteiger partial charge in [0.25, 0.3) is 5.91 Å². The van der Waals surface area contributed by atoms with Crippen molar-refractivity contribution in [3.05, 3.63) is 47.5 Å². The van der Waals surface area contributed by atoms with E-state index in [0.29, 0.717) is 17.8 Å². The highest BCUT2D eigenvalue weighted by Crippen LogP contribution is 2.10. The highest BCUT2D eigenvalue weighted by Gasteiger charge is 2.06. The quantitative estimate of drug-likeness (QED) is 0.708. The van der Waals surface area contributed by atoms with Crippen LogP contribution in [-0.4, -0.2) is 22.4 Å². The Hall–Kier alpha value is -2.30. The van der Waals surface area contributed by atoms with E-state index >= 15 is 0 Å². The Kier molecular flexibility index (Phi) is 3.62. The third-order valence-corrected chi connectivity index (χ3v) is 2.60. The number of hydrogen-bond acceptors (Lipinski definition) is 3. The molecule has 0 saturated carbocycles. The molecule has 94 valence electrons. The number of aryl methyl sites for hydroxylation is 1. The van der Waals surface area contributed by atoms with E-state index in [1.807, 2.05) is 19.1 Å². The van der Waals surface area contributed by atoms with Gasteiger partial charge < -0.3 is 16.0 Å². The molecule has 0 aliphatic rings. The number of hydrogen-bond donors (Lipinski definition) is 3. The summed E-state index contributed by atoms with van der Waals surface area (Å²) in [7, 11) is 0. The molecular weight excluding hydrogens is 228 g/mol. The smallest absolute Gasteiger partial charge is 0.251 e. The van der Waals surface area contributed by atoms with Gasteiger partial charge in [-0.25, -0.2) is 4.98 Å².